The summed E-state index contributed by atoms with van der Waals surface area (Å²) in [6.45, 7) is 6.96. The van der Waals surface area contributed by atoms with Gasteiger partial charge in [-0.25, -0.2) is 0 Å². The molecule has 78 valence electrons. The van der Waals surface area contributed by atoms with Crippen molar-refractivity contribution < 1.29 is 0 Å². The molecule has 0 spiro atoms. The molecule has 1 rings (SSSR count). The third-order valence-electron chi connectivity index (χ3n) is 3.61. The first-order valence-electron chi connectivity index (χ1n) is 5.55. The maximum Gasteiger partial charge on any atom is 0.0236 e. The van der Waals surface area contributed by atoms with E-state index in [9.17, 15) is 0 Å². The first kappa shape index (κ1) is 11.0. The van der Waals surface area contributed by atoms with Crippen LogP contribution in [0, 0.1) is 11.3 Å². The molecule has 1 atom stereocenters. The lowest BCUT2D eigenvalue weighted by Gasteiger charge is -2.37. The Hall–Kier alpha value is -0.0800. The molecule has 0 aromatic carbocycles. The van der Waals surface area contributed by atoms with Crippen LogP contribution in [-0.4, -0.2) is 6.04 Å². The van der Waals surface area contributed by atoms with E-state index in [1.165, 1.54) is 25.7 Å². The van der Waals surface area contributed by atoms with E-state index in [4.69, 9.17) is 5.84 Å². The molecule has 0 radical (unpaired) electrons. The Kier molecular flexibility index (Phi) is 3.74. The largest absolute Gasteiger partial charge is 0.271 e. The second-order valence-corrected chi connectivity index (χ2v) is 5.18. The zero-order valence-corrected chi connectivity index (χ0v) is 9.27. The maximum absolute atomic E-state index is 5.53. The van der Waals surface area contributed by atoms with E-state index in [1.807, 2.05) is 0 Å². The highest BCUT2D eigenvalue weighted by Crippen LogP contribution is 2.39. The molecule has 1 fully saturated rings. The molecule has 1 saturated carbocycles. The monoisotopic (exact) mass is 184 g/mol. The second-order valence-electron chi connectivity index (χ2n) is 5.18. The topological polar surface area (TPSA) is 38.0 Å². The standard InChI is InChI=1S/C11H24N2/c1-4-10(13-12)9-5-7-11(2,3)8-6-9/h9-10,13H,4-8,12H2,1-3H3. The van der Waals surface area contributed by atoms with E-state index >= 15 is 0 Å². The molecule has 0 heterocycles. The maximum atomic E-state index is 5.53. The fourth-order valence-corrected chi connectivity index (χ4v) is 2.41. The molecule has 1 aliphatic carbocycles. The first-order chi connectivity index (χ1) is 6.09. The molecule has 13 heavy (non-hydrogen) atoms. The predicted molar refractivity (Wildman–Crippen MR) is 57.1 cm³/mol. The van der Waals surface area contributed by atoms with E-state index in [1.54, 1.807) is 0 Å². The van der Waals surface area contributed by atoms with Gasteiger partial charge >= 0.3 is 0 Å². The van der Waals surface area contributed by atoms with Gasteiger partial charge in [0, 0.05) is 6.04 Å². The van der Waals surface area contributed by atoms with Crippen LogP contribution in [0.3, 0.4) is 0 Å². The molecular formula is C11H24N2. The van der Waals surface area contributed by atoms with Crippen LogP contribution >= 0.6 is 0 Å². The average Bonchev–Trinajstić information content (AvgIpc) is 2.09. The Morgan fingerprint density at radius 1 is 1.38 bits per heavy atom. The van der Waals surface area contributed by atoms with Crippen LogP contribution in [0.1, 0.15) is 52.9 Å². The number of rotatable bonds is 3. The summed E-state index contributed by atoms with van der Waals surface area (Å²) >= 11 is 0. The molecule has 1 aliphatic rings. The fraction of sp³-hybridized carbons (Fsp3) is 1.00. The minimum atomic E-state index is 0.538. The number of nitrogens with one attached hydrogen (secondary N) is 1. The smallest absolute Gasteiger partial charge is 0.0236 e. The van der Waals surface area contributed by atoms with E-state index in [2.05, 4.69) is 26.2 Å². The highest BCUT2D eigenvalue weighted by atomic mass is 15.2. The lowest BCUT2D eigenvalue weighted by atomic mass is 9.71. The Morgan fingerprint density at radius 2 is 1.92 bits per heavy atom. The highest BCUT2D eigenvalue weighted by molar-refractivity contribution is 4.83. The van der Waals surface area contributed by atoms with E-state index in [0.717, 1.165) is 12.3 Å². The van der Waals surface area contributed by atoms with Crippen molar-refractivity contribution >= 4 is 0 Å². The third-order valence-corrected chi connectivity index (χ3v) is 3.61. The fourth-order valence-electron chi connectivity index (χ4n) is 2.41. The average molecular weight is 184 g/mol. The summed E-state index contributed by atoms with van der Waals surface area (Å²) in [5, 5.41) is 0. The van der Waals surface area contributed by atoms with Gasteiger partial charge in [0.2, 0.25) is 0 Å². The Balaban J connectivity index is 2.39. The Labute approximate surface area is 82.2 Å². The lowest BCUT2D eigenvalue weighted by molar-refractivity contribution is 0.159. The number of hydrogen-bond donors (Lipinski definition) is 2. The van der Waals surface area contributed by atoms with Crippen molar-refractivity contribution in [1.82, 2.24) is 5.43 Å². The zero-order valence-electron chi connectivity index (χ0n) is 9.27. The molecule has 2 heteroatoms. The molecule has 0 bridgehead atoms. The van der Waals surface area contributed by atoms with Crippen molar-refractivity contribution in [2.45, 2.75) is 58.9 Å². The number of hydrogen-bond acceptors (Lipinski definition) is 2. The van der Waals surface area contributed by atoms with Gasteiger partial charge in [-0.2, -0.15) is 0 Å². The predicted octanol–water partition coefficient (Wildman–Crippen LogP) is 2.44. The highest BCUT2D eigenvalue weighted by Gasteiger charge is 2.29. The summed E-state index contributed by atoms with van der Waals surface area (Å²) in [7, 11) is 0. The zero-order chi connectivity index (χ0) is 9.90. The van der Waals surface area contributed by atoms with Gasteiger partial charge in [-0.3, -0.25) is 11.3 Å². The molecular weight excluding hydrogens is 160 g/mol. The minimum absolute atomic E-state index is 0.538. The first-order valence-corrected chi connectivity index (χ1v) is 5.55. The van der Waals surface area contributed by atoms with Gasteiger partial charge in [0.15, 0.2) is 0 Å². The number of nitrogens with two attached hydrogens (primary N) is 1. The molecule has 1 unspecified atom stereocenters. The quantitative estimate of drug-likeness (QED) is 0.522. The van der Waals surface area contributed by atoms with Gasteiger partial charge in [0.1, 0.15) is 0 Å². The van der Waals surface area contributed by atoms with Crippen LogP contribution in [0.15, 0.2) is 0 Å². The van der Waals surface area contributed by atoms with Crippen molar-refractivity contribution in [3.63, 3.8) is 0 Å². The molecule has 0 aromatic rings. The lowest BCUT2D eigenvalue weighted by Crippen LogP contribution is -2.42. The summed E-state index contributed by atoms with van der Waals surface area (Å²) in [6, 6.07) is 0.538. The minimum Gasteiger partial charge on any atom is -0.271 e. The van der Waals surface area contributed by atoms with Gasteiger partial charge in [-0.1, -0.05) is 20.8 Å². The van der Waals surface area contributed by atoms with Gasteiger partial charge in [0.25, 0.3) is 0 Å². The van der Waals surface area contributed by atoms with Crippen molar-refractivity contribution in [1.29, 1.82) is 0 Å². The van der Waals surface area contributed by atoms with E-state index < -0.39 is 0 Å². The number of hydrazine groups is 1. The van der Waals surface area contributed by atoms with Crippen LogP contribution in [0.4, 0.5) is 0 Å². The molecule has 0 aromatic heterocycles. The molecule has 3 N–H and O–H groups in total. The summed E-state index contributed by atoms with van der Waals surface area (Å²) in [6.07, 6.45) is 6.55. The third kappa shape index (κ3) is 2.96. The molecule has 0 amide bonds. The van der Waals surface area contributed by atoms with Crippen LogP contribution < -0.4 is 11.3 Å². The summed E-state index contributed by atoms with van der Waals surface area (Å²) in [5.74, 6) is 6.34. The molecule has 0 saturated heterocycles. The van der Waals surface area contributed by atoms with Crippen molar-refractivity contribution in [3.8, 4) is 0 Å². The van der Waals surface area contributed by atoms with Crippen LogP contribution in [-0.2, 0) is 0 Å². The molecule has 2 nitrogen and oxygen atoms in total. The van der Waals surface area contributed by atoms with Gasteiger partial charge in [-0.15, -0.1) is 0 Å². The normalized spacial score (nSPS) is 25.8. The van der Waals surface area contributed by atoms with Crippen LogP contribution in [0.25, 0.3) is 0 Å². The summed E-state index contributed by atoms with van der Waals surface area (Å²) < 4.78 is 0. The van der Waals surface area contributed by atoms with E-state index in [0.29, 0.717) is 11.5 Å². The second kappa shape index (κ2) is 4.43. The van der Waals surface area contributed by atoms with Crippen molar-refractivity contribution in [2.24, 2.45) is 17.2 Å². The van der Waals surface area contributed by atoms with Gasteiger partial charge < -0.3 is 0 Å². The summed E-state index contributed by atoms with van der Waals surface area (Å²) in [5.41, 5.74) is 3.52. The van der Waals surface area contributed by atoms with Crippen LogP contribution in [0.2, 0.25) is 0 Å². The Bertz CT molecular complexity index is 140. The molecule has 0 aliphatic heterocycles. The van der Waals surface area contributed by atoms with Gasteiger partial charge in [-0.05, 0) is 43.4 Å². The van der Waals surface area contributed by atoms with Crippen LogP contribution in [0.5, 0.6) is 0 Å². The van der Waals surface area contributed by atoms with Crippen molar-refractivity contribution in [3.05, 3.63) is 0 Å². The van der Waals surface area contributed by atoms with Gasteiger partial charge in [0.05, 0.1) is 0 Å². The van der Waals surface area contributed by atoms with E-state index in [-0.39, 0.29) is 0 Å². The SMILES string of the molecule is CCC(NN)C1CCC(C)(C)CC1. The Morgan fingerprint density at radius 3 is 2.31 bits per heavy atom. The van der Waals surface area contributed by atoms with Crippen molar-refractivity contribution in [2.75, 3.05) is 0 Å². The summed E-state index contributed by atoms with van der Waals surface area (Å²) in [4.78, 5) is 0.